The summed E-state index contributed by atoms with van der Waals surface area (Å²) in [6.45, 7) is 1.00. The molecule has 0 spiro atoms. The second-order valence-electron chi connectivity index (χ2n) is 5.54. The van der Waals surface area contributed by atoms with Crippen molar-refractivity contribution in [1.82, 2.24) is 14.3 Å². The summed E-state index contributed by atoms with van der Waals surface area (Å²) >= 11 is 0. The Labute approximate surface area is 133 Å². The largest absolute Gasteiger partial charge is 0.342 e. The van der Waals surface area contributed by atoms with Gasteiger partial charge in [0.2, 0.25) is 15.0 Å². The van der Waals surface area contributed by atoms with E-state index < -0.39 is 9.05 Å². The van der Waals surface area contributed by atoms with Gasteiger partial charge in [0, 0.05) is 60.6 Å². The third-order valence-electron chi connectivity index (χ3n) is 3.86. The predicted octanol–water partition coefficient (Wildman–Crippen LogP) is 1.29. The zero-order chi connectivity index (χ0) is 15.7. The van der Waals surface area contributed by atoms with Crippen LogP contribution in [0.1, 0.15) is 12.1 Å². The second kappa shape index (κ2) is 5.89. The average Bonchev–Trinajstić information content (AvgIpc) is 2.98. The lowest BCUT2D eigenvalue weighted by molar-refractivity contribution is -0.127. The van der Waals surface area contributed by atoms with E-state index in [0.29, 0.717) is 19.5 Å². The van der Waals surface area contributed by atoms with Crippen LogP contribution in [-0.4, -0.2) is 47.5 Å². The number of hydrogen-bond donors (Lipinski definition) is 0. The van der Waals surface area contributed by atoms with Crippen molar-refractivity contribution >= 4 is 31.3 Å². The van der Waals surface area contributed by atoms with Crippen LogP contribution in [0.25, 0.3) is 5.65 Å². The minimum Gasteiger partial charge on any atom is -0.342 e. The standard InChI is InChI=1S/C14H16ClN3O3S/c15-22(20,21)10-11-7-14(19)17(9-11)6-4-12-8-16-13-3-1-2-5-18(12)13/h1-3,5,8,11H,4,6-7,9-10H2. The molecule has 6 nitrogen and oxygen atoms in total. The molecule has 1 saturated heterocycles. The Kier molecular flexibility index (Phi) is 4.10. The lowest BCUT2D eigenvalue weighted by atomic mass is 10.1. The zero-order valence-corrected chi connectivity index (χ0v) is 13.4. The molecule has 118 valence electrons. The molecular weight excluding hydrogens is 326 g/mol. The number of imidazole rings is 1. The van der Waals surface area contributed by atoms with Gasteiger partial charge in [0.25, 0.3) is 0 Å². The molecular formula is C14H16ClN3O3S. The highest BCUT2D eigenvalue weighted by atomic mass is 35.7. The zero-order valence-electron chi connectivity index (χ0n) is 11.9. The highest BCUT2D eigenvalue weighted by Gasteiger charge is 2.32. The van der Waals surface area contributed by atoms with Gasteiger partial charge in [-0.1, -0.05) is 6.07 Å². The van der Waals surface area contributed by atoms with Gasteiger partial charge in [-0.15, -0.1) is 0 Å². The third kappa shape index (κ3) is 3.41. The van der Waals surface area contributed by atoms with Crippen LogP contribution < -0.4 is 0 Å². The fourth-order valence-electron chi connectivity index (χ4n) is 2.88. The van der Waals surface area contributed by atoms with E-state index in [1.165, 1.54) is 0 Å². The highest BCUT2D eigenvalue weighted by molar-refractivity contribution is 8.13. The molecule has 1 aliphatic heterocycles. The monoisotopic (exact) mass is 341 g/mol. The Balaban J connectivity index is 1.63. The van der Waals surface area contributed by atoms with Crippen LogP contribution in [0.5, 0.6) is 0 Å². The number of fused-ring (bicyclic) bond motifs is 1. The predicted molar refractivity (Wildman–Crippen MR) is 83.2 cm³/mol. The van der Waals surface area contributed by atoms with Gasteiger partial charge < -0.3 is 9.30 Å². The van der Waals surface area contributed by atoms with Gasteiger partial charge in [-0.2, -0.15) is 0 Å². The number of rotatable bonds is 5. The normalized spacial score (nSPS) is 19.2. The van der Waals surface area contributed by atoms with Crippen molar-refractivity contribution in [3.63, 3.8) is 0 Å². The first-order valence-corrected chi connectivity index (χ1v) is 9.51. The van der Waals surface area contributed by atoms with Crippen LogP contribution >= 0.6 is 10.7 Å². The maximum atomic E-state index is 12.0. The Morgan fingerprint density at radius 2 is 2.18 bits per heavy atom. The van der Waals surface area contributed by atoms with Crippen molar-refractivity contribution in [2.75, 3.05) is 18.8 Å². The van der Waals surface area contributed by atoms with E-state index in [1.807, 2.05) is 28.8 Å². The molecule has 1 atom stereocenters. The lowest BCUT2D eigenvalue weighted by Crippen LogP contribution is -2.28. The first-order chi connectivity index (χ1) is 10.4. The molecule has 3 rings (SSSR count). The van der Waals surface area contributed by atoms with E-state index in [1.54, 1.807) is 11.1 Å². The molecule has 8 heteroatoms. The quantitative estimate of drug-likeness (QED) is 0.768. The minimum absolute atomic E-state index is 0.0147. The number of nitrogens with zero attached hydrogens (tertiary/aromatic N) is 3. The van der Waals surface area contributed by atoms with Gasteiger partial charge in [-0.3, -0.25) is 4.79 Å². The number of carbonyl (C=O) groups excluding carboxylic acids is 1. The van der Waals surface area contributed by atoms with E-state index >= 15 is 0 Å². The number of hydrogen-bond acceptors (Lipinski definition) is 4. The Morgan fingerprint density at radius 1 is 1.36 bits per heavy atom. The first kappa shape index (κ1) is 15.3. The summed E-state index contributed by atoms with van der Waals surface area (Å²) in [4.78, 5) is 18.0. The van der Waals surface area contributed by atoms with Crippen molar-refractivity contribution < 1.29 is 13.2 Å². The van der Waals surface area contributed by atoms with E-state index in [-0.39, 0.29) is 24.0 Å². The molecule has 22 heavy (non-hydrogen) atoms. The van der Waals surface area contributed by atoms with Crippen LogP contribution in [0.2, 0.25) is 0 Å². The molecule has 0 aliphatic carbocycles. The van der Waals surface area contributed by atoms with E-state index in [9.17, 15) is 13.2 Å². The van der Waals surface area contributed by atoms with E-state index in [4.69, 9.17) is 10.7 Å². The molecule has 0 bridgehead atoms. The fourth-order valence-corrected chi connectivity index (χ4v) is 4.20. The molecule has 0 saturated carbocycles. The van der Waals surface area contributed by atoms with Crippen LogP contribution in [0.15, 0.2) is 30.6 Å². The van der Waals surface area contributed by atoms with Crippen molar-refractivity contribution in [1.29, 1.82) is 0 Å². The Morgan fingerprint density at radius 3 is 2.95 bits per heavy atom. The third-order valence-corrected chi connectivity index (χ3v) is 5.11. The Bertz CT molecular complexity index is 803. The number of carbonyl (C=O) groups is 1. The summed E-state index contributed by atoms with van der Waals surface area (Å²) in [6, 6.07) is 5.78. The Hall–Kier alpha value is -1.60. The summed E-state index contributed by atoms with van der Waals surface area (Å²) in [7, 11) is 1.70. The van der Waals surface area contributed by atoms with Crippen LogP contribution in [0, 0.1) is 5.92 Å². The number of likely N-dealkylation sites (tertiary alicyclic amines) is 1. The number of amides is 1. The first-order valence-electron chi connectivity index (χ1n) is 7.03. The van der Waals surface area contributed by atoms with Gasteiger partial charge in [-0.05, 0) is 12.1 Å². The van der Waals surface area contributed by atoms with Crippen molar-refractivity contribution in [3.05, 3.63) is 36.3 Å². The SMILES string of the molecule is O=C1CC(CS(=O)(=O)Cl)CN1CCc1cnc2ccccn12. The molecule has 0 N–H and O–H groups in total. The number of aromatic nitrogens is 2. The molecule has 1 aliphatic rings. The van der Waals surface area contributed by atoms with E-state index in [0.717, 1.165) is 11.3 Å². The second-order valence-corrected chi connectivity index (χ2v) is 8.37. The maximum Gasteiger partial charge on any atom is 0.232 e. The highest BCUT2D eigenvalue weighted by Crippen LogP contribution is 2.21. The molecule has 1 fully saturated rings. The van der Waals surface area contributed by atoms with Gasteiger partial charge in [0.1, 0.15) is 5.65 Å². The van der Waals surface area contributed by atoms with Crippen LogP contribution in [-0.2, 0) is 20.3 Å². The molecule has 3 heterocycles. The van der Waals surface area contributed by atoms with Crippen molar-refractivity contribution in [2.45, 2.75) is 12.8 Å². The van der Waals surface area contributed by atoms with Crippen LogP contribution in [0.3, 0.4) is 0 Å². The summed E-state index contributed by atoms with van der Waals surface area (Å²) in [5, 5.41) is 0. The van der Waals surface area contributed by atoms with Crippen molar-refractivity contribution in [3.8, 4) is 0 Å². The molecule has 1 amide bonds. The molecule has 2 aromatic rings. The lowest BCUT2D eigenvalue weighted by Gasteiger charge is -2.16. The number of pyridine rings is 1. The molecule has 1 unspecified atom stereocenters. The fraction of sp³-hybridized carbons (Fsp3) is 0.429. The average molecular weight is 342 g/mol. The summed E-state index contributed by atoms with van der Waals surface area (Å²) in [5.41, 5.74) is 1.90. The summed E-state index contributed by atoms with van der Waals surface area (Å²) in [6.07, 6.45) is 4.67. The summed E-state index contributed by atoms with van der Waals surface area (Å²) in [5.74, 6) is -0.372. The molecule has 2 aromatic heterocycles. The van der Waals surface area contributed by atoms with Crippen LogP contribution in [0.4, 0.5) is 0 Å². The van der Waals surface area contributed by atoms with Gasteiger partial charge in [0.05, 0.1) is 5.75 Å². The summed E-state index contributed by atoms with van der Waals surface area (Å²) < 4.78 is 24.2. The molecule has 0 radical (unpaired) electrons. The number of halogens is 1. The maximum absolute atomic E-state index is 12.0. The van der Waals surface area contributed by atoms with E-state index in [2.05, 4.69) is 4.98 Å². The smallest absolute Gasteiger partial charge is 0.232 e. The molecule has 0 aromatic carbocycles. The van der Waals surface area contributed by atoms with Gasteiger partial charge in [0.15, 0.2) is 0 Å². The topological polar surface area (TPSA) is 71.8 Å². The van der Waals surface area contributed by atoms with Crippen molar-refractivity contribution in [2.24, 2.45) is 5.92 Å². The van der Waals surface area contributed by atoms with Gasteiger partial charge in [-0.25, -0.2) is 13.4 Å². The van der Waals surface area contributed by atoms with Gasteiger partial charge >= 0.3 is 0 Å². The minimum atomic E-state index is -3.56.